The average Bonchev–Trinajstić information content (AvgIpc) is 2.07. The zero-order valence-corrected chi connectivity index (χ0v) is 9.73. The molecule has 0 saturated carbocycles. The van der Waals surface area contributed by atoms with Gasteiger partial charge in [0.05, 0.1) is 5.69 Å². The molecule has 1 aromatic carbocycles. The van der Waals surface area contributed by atoms with E-state index >= 15 is 0 Å². The number of rotatable bonds is 2. The second-order valence-corrected chi connectivity index (χ2v) is 4.65. The van der Waals surface area contributed by atoms with Crippen LogP contribution < -0.4 is 10.9 Å². The molecule has 0 bridgehead atoms. The maximum Gasteiger partial charge on any atom is 0.0516 e. The van der Waals surface area contributed by atoms with Gasteiger partial charge in [-0.3, -0.25) is 0 Å². The standard InChI is InChI=1S/C12H20N2/c1-9-8-10(12(2,3)4)6-7-11(9)14-13-5/h6-8,13-14H,1-5H3. The first kappa shape index (κ1) is 11.1. The number of aryl methyl sites for hydroxylation is 1. The molecule has 0 aromatic heterocycles. The normalized spacial score (nSPS) is 11.5. The molecular weight excluding hydrogens is 172 g/mol. The summed E-state index contributed by atoms with van der Waals surface area (Å²) in [5.41, 5.74) is 10.0. The Morgan fingerprint density at radius 1 is 1.14 bits per heavy atom. The van der Waals surface area contributed by atoms with Crippen LogP contribution in [0.4, 0.5) is 5.69 Å². The molecule has 0 unspecified atom stereocenters. The molecule has 0 heterocycles. The Morgan fingerprint density at radius 2 is 1.79 bits per heavy atom. The van der Waals surface area contributed by atoms with Gasteiger partial charge in [-0.15, -0.1) is 0 Å². The summed E-state index contributed by atoms with van der Waals surface area (Å²) in [6.45, 7) is 8.81. The molecule has 0 atom stereocenters. The summed E-state index contributed by atoms with van der Waals surface area (Å²) in [5, 5.41) is 0. The lowest BCUT2D eigenvalue weighted by Crippen LogP contribution is -2.17. The molecule has 0 fully saturated rings. The maximum atomic E-state index is 3.10. The fourth-order valence-corrected chi connectivity index (χ4v) is 1.41. The third-order valence-electron chi connectivity index (χ3n) is 2.35. The summed E-state index contributed by atoms with van der Waals surface area (Å²) < 4.78 is 0. The van der Waals surface area contributed by atoms with Gasteiger partial charge in [-0.25, -0.2) is 5.43 Å². The molecule has 0 amide bonds. The van der Waals surface area contributed by atoms with Gasteiger partial charge in [0, 0.05) is 7.05 Å². The highest BCUT2D eigenvalue weighted by atomic mass is 15.3. The summed E-state index contributed by atoms with van der Waals surface area (Å²) in [6.07, 6.45) is 0. The van der Waals surface area contributed by atoms with E-state index < -0.39 is 0 Å². The third-order valence-corrected chi connectivity index (χ3v) is 2.35. The van der Waals surface area contributed by atoms with Crippen molar-refractivity contribution < 1.29 is 0 Å². The van der Waals surface area contributed by atoms with Gasteiger partial charge in [0.15, 0.2) is 0 Å². The minimum absolute atomic E-state index is 0.225. The van der Waals surface area contributed by atoms with Crippen LogP contribution in [0.25, 0.3) is 0 Å². The molecule has 14 heavy (non-hydrogen) atoms. The highest BCUT2D eigenvalue weighted by Gasteiger charge is 2.13. The average molecular weight is 192 g/mol. The van der Waals surface area contributed by atoms with Gasteiger partial charge in [0.2, 0.25) is 0 Å². The molecule has 1 aromatic rings. The Hall–Kier alpha value is -1.02. The highest BCUT2D eigenvalue weighted by molar-refractivity contribution is 5.52. The molecule has 0 aliphatic carbocycles. The van der Waals surface area contributed by atoms with Crippen molar-refractivity contribution in [2.45, 2.75) is 33.1 Å². The lowest BCUT2D eigenvalue weighted by molar-refractivity contribution is 0.590. The van der Waals surface area contributed by atoms with E-state index in [0.29, 0.717) is 0 Å². The fourth-order valence-electron chi connectivity index (χ4n) is 1.41. The van der Waals surface area contributed by atoms with Crippen molar-refractivity contribution in [2.24, 2.45) is 0 Å². The molecule has 0 saturated heterocycles. The Bertz CT molecular complexity index is 311. The van der Waals surface area contributed by atoms with Gasteiger partial charge in [-0.1, -0.05) is 32.9 Å². The monoisotopic (exact) mass is 192 g/mol. The molecule has 0 aliphatic heterocycles. The summed E-state index contributed by atoms with van der Waals surface area (Å²) in [7, 11) is 1.87. The van der Waals surface area contributed by atoms with Crippen molar-refractivity contribution in [2.75, 3.05) is 12.5 Å². The van der Waals surface area contributed by atoms with E-state index in [1.807, 2.05) is 7.05 Å². The first-order chi connectivity index (χ1) is 6.45. The second kappa shape index (κ2) is 4.01. The van der Waals surface area contributed by atoms with Crippen LogP contribution in [-0.2, 0) is 5.41 Å². The highest BCUT2D eigenvalue weighted by Crippen LogP contribution is 2.25. The zero-order chi connectivity index (χ0) is 10.8. The first-order valence-electron chi connectivity index (χ1n) is 4.99. The summed E-state index contributed by atoms with van der Waals surface area (Å²) in [5.74, 6) is 0. The molecule has 2 nitrogen and oxygen atoms in total. The van der Waals surface area contributed by atoms with Crippen molar-refractivity contribution in [1.82, 2.24) is 5.43 Å². The van der Waals surface area contributed by atoms with Gasteiger partial charge in [0.1, 0.15) is 0 Å². The minimum atomic E-state index is 0.225. The molecule has 2 N–H and O–H groups in total. The van der Waals surface area contributed by atoms with E-state index in [1.165, 1.54) is 11.1 Å². The third kappa shape index (κ3) is 2.48. The van der Waals surface area contributed by atoms with Crippen LogP contribution in [0.3, 0.4) is 0 Å². The Kier molecular flexibility index (Phi) is 3.17. The SMILES string of the molecule is CNNc1ccc(C(C)(C)C)cc1C. The van der Waals surface area contributed by atoms with Gasteiger partial charge < -0.3 is 5.43 Å². The van der Waals surface area contributed by atoms with E-state index in [4.69, 9.17) is 0 Å². The predicted molar refractivity (Wildman–Crippen MR) is 62.6 cm³/mol. The minimum Gasteiger partial charge on any atom is -0.321 e. The smallest absolute Gasteiger partial charge is 0.0516 e. The van der Waals surface area contributed by atoms with Crippen molar-refractivity contribution in [3.63, 3.8) is 0 Å². The lowest BCUT2D eigenvalue weighted by atomic mass is 9.86. The summed E-state index contributed by atoms with van der Waals surface area (Å²) >= 11 is 0. The number of anilines is 1. The second-order valence-electron chi connectivity index (χ2n) is 4.65. The van der Waals surface area contributed by atoms with Crippen LogP contribution in [0.15, 0.2) is 18.2 Å². The van der Waals surface area contributed by atoms with Crippen LogP contribution in [0.5, 0.6) is 0 Å². The summed E-state index contributed by atoms with van der Waals surface area (Å²) in [4.78, 5) is 0. The van der Waals surface area contributed by atoms with Crippen molar-refractivity contribution >= 4 is 5.69 Å². The van der Waals surface area contributed by atoms with Gasteiger partial charge in [0.25, 0.3) is 0 Å². The van der Waals surface area contributed by atoms with Gasteiger partial charge in [-0.2, -0.15) is 0 Å². The predicted octanol–water partition coefficient (Wildman–Crippen LogP) is 2.84. The zero-order valence-electron chi connectivity index (χ0n) is 9.73. The molecule has 0 aliphatic rings. The topological polar surface area (TPSA) is 24.1 Å². The molecule has 78 valence electrons. The number of hydrogen-bond acceptors (Lipinski definition) is 2. The lowest BCUT2D eigenvalue weighted by Gasteiger charge is -2.20. The molecule has 2 heteroatoms. The molecule has 0 spiro atoms. The van der Waals surface area contributed by atoms with Crippen molar-refractivity contribution in [3.8, 4) is 0 Å². The van der Waals surface area contributed by atoms with E-state index in [1.54, 1.807) is 0 Å². The van der Waals surface area contributed by atoms with Crippen LogP contribution in [0.2, 0.25) is 0 Å². The van der Waals surface area contributed by atoms with Gasteiger partial charge >= 0.3 is 0 Å². The fraction of sp³-hybridized carbons (Fsp3) is 0.500. The Labute approximate surface area is 86.7 Å². The quantitative estimate of drug-likeness (QED) is 0.704. The molecule has 0 radical (unpaired) electrons. The van der Waals surface area contributed by atoms with Crippen LogP contribution >= 0.6 is 0 Å². The Balaban J connectivity index is 3.01. The number of hydrazine groups is 1. The number of hydrogen-bond donors (Lipinski definition) is 2. The molecule has 1 rings (SSSR count). The van der Waals surface area contributed by atoms with Crippen LogP contribution in [0, 0.1) is 6.92 Å². The Morgan fingerprint density at radius 3 is 2.21 bits per heavy atom. The first-order valence-corrected chi connectivity index (χ1v) is 4.99. The maximum absolute atomic E-state index is 3.10. The summed E-state index contributed by atoms with van der Waals surface area (Å²) in [6, 6.07) is 6.53. The van der Waals surface area contributed by atoms with E-state index in [9.17, 15) is 0 Å². The van der Waals surface area contributed by atoms with Crippen molar-refractivity contribution in [3.05, 3.63) is 29.3 Å². The van der Waals surface area contributed by atoms with Gasteiger partial charge in [-0.05, 0) is 29.5 Å². The molecular formula is C12H20N2. The largest absolute Gasteiger partial charge is 0.321 e. The van der Waals surface area contributed by atoms with Crippen LogP contribution in [0.1, 0.15) is 31.9 Å². The number of nitrogens with one attached hydrogen (secondary N) is 2. The van der Waals surface area contributed by atoms with E-state index in [-0.39, 0.29) is 5.41 Å². The number of benzene rings is 1. The van der Waals surface area contributed by atoms with Crippen molar-refractivity contribution in [1.29, 1.82) is 0 Å². The van der Waals surface area contributed by atoms with E-state index in [0.717, 1.165) is 5.69 Å². The van der Waals surface area contributed by atoms with E-state index in [2.05, 4.69) is 56.7 Å². The van der Waals surface area contributed by atoms with Crippen LogP contribution in [-0.4, -0.2) is 7.05 Å².